The Labute approximate surface area is 242 Å². The number of halogens is 1. The fourth-order valence-corrected chi connectivity index (χ4v) is 4.83. The van der Waals surface area contributed by atoms with Crippen molar-refractivity contribution in [1.82, 2.24) is 5.32 Å². The molecule has 3 rings (SSSR count). The van der Waals surface area contributed by atoms with Crippen LogP contribution in [0.4, 0.5) is 4.39 Å². The Hall–Kier alpha value is -3.87. The van der Waals surface area contributed by atoms with Gasteiger partial charge in [-0.05, 0) is 42.3 Å². The zero-order valence-corrected chi connectivity index (χ0v) is 24.2. The highest BCUT2D eigenvalue weighted by Gasteiger charge is 2.21. The first-order chi connectivity index (χ1) is 19.9. The number of hydrogen-bond acceptors (Lipinski definition) is 4. The highest BCUT2D eigenvalue weighted by atomic mass is 19.1. The van der Waals surface area contributed by atoms with Crippen LogP contribution in [0.3, 0.4) is 0 Å². The lowest BCUT2D eigenvalue weighted by molar-refractivity contribution is -0.139. The number of carboxylic acid groups (broad SMARTS) is 1. The van der Waals surface area contributed by atoms with Crippen LogP contribution in [0, 0.1) is 5.82 Å². The Morgan fingerprint density at radius 1 is 0.805 bits per heavy atom. The van der Waals surface area contributed by atoms with Crippen molar-refractivity contribution in [2.24, 2.45) is 0 Å². The van der Waals surface area contributed by atoms with E-state index in [9.17, 15) is 19.1 Å². The minimum Gasteiger partial charge on any atom is -0.497 e. The molecule has 0 bridgehead atoms. The third-order valence-corrected chi connectivity index (χ3v) is 7.07. The first-order valence-electron chi connectivity index (χ1n) is 14.6. The number of unbranched alkanes of at least 4 members (excludes halogenated alkanes) is 9. The van der Waals surface area contributed by atoms with Gasteiger partial charge in [-0.2, -0.15) is 0 Å². The van der Waals surface area contributed by atoms with Crippen LogP contribution < -0.4 is 14.8 Å². The standard InChI is InChI=1S/C34H42FNO5/c1-3-4-5-6-7-8-9-10-11-14-21-36-34(39)26-22-29(25-17-19-27(40-2)20-18-25)33(41-24-32(37)38)30(23-26)28-15-12-13-16-31(28)35/h12-13,15-20,22-23H,3-11,14,21,24H2,1-2H3,(H,36,39)(H,37,38). The van der Waals surface area contributed by atoms with E-state index in [4.69, 9.17) is 9.47 Å². The number of benzene rings is 3. The molecular weight excluding hydrogens is 521 g/mol. The Morgan fingerprint density at radius 3 is 2.02 bits per heavy atom. The van der Waals surface area contributed by atoms with Crippen molar-refractivity contribution in [3.05, 3.63) is 72.0 Å². The minimum atomic E-state index is -1.16. The normalized spacial score (nSPS) is 10.8. The summed E-state index contributed by atoms with van der Waals surface area (Å²) >= 11 is 0. The van der Waals surface area contributed by atoms with Crippen LogP contribution in [0.5, 0.6) is 11.5 Å². The molecule has 6 nitrogen and oxygen atoms in total. The lowest BCUT2D eigenvalue weighted by atomic mass is 9.93. The lowest BCUT2D eigenvalue weighted by Gasteiger charge is -2.18. The van der Waals surface area contributed by atoms with Gasteiger partial charge in [-0.3, -0.25) is 4.79 Å². The van der Waals surface area contributed by atoms with Crippen molar-refractivity contribution in [2.75, 3.05) is 20.3 Å². The lowest BCUT2D eigenvalue weighted by Crippen LogP contribution is -2.24. The summed E-state index contributed by atoms with van der Waals surface area (Å²) in [5.41, 5.74) is 2.02. The van der Waals surface area contributed by atoms with Crippen LogP contribution in [0.15, 0.2) is 60.7 Å². The molecule has 0 fully saturated rings. The van der Waals surface area contributed by atoms with Gasteiger partial charge in [-0.15, -0.1) is 0 Å². The van der Waals surface area contributed by atoms with E-state index in [0.29, 0.717) is 34.5 Å². The van der Waals surface area contributed by atoms with Crippen LogP contribution in [0.25, 0.3) is 22.3 Å². The summed E-state index contributed by atoms with van der Waals surface area (Å²) < 4.78 is 26.0. The molecule has 0 spiro atoms. The topological polar surface area (TPSA) is 84.9 Å². The maximum Gasteiger partial charge on any atom is 0.341 e. The van der Waals surface area contributed by atoms with Gasteiger partial charge in [0.05, 0.1) is 7.11 Å². The van der Waals surface area contributed by atoms with Crippen molar-refractivity contribution in [3.63, 3.8) is 0 Å². The molecule has 0 saturated carbocycles. The summed E-state index contributed by atoms with van der Waals surface area (Å²) in [6.07, 6.45) is 12.1. The minimum absolute atomic E-state index is 0.189. The second kappa shape index (κ2) is 17.1. The van der Waals surface area contributed by atoms with Gasteiger partial charge in [-0.1, -0.05) is 95.0 Å². The molecule has 0 aliphatic heterocycles. The summed E-state index contributed by atoms with van der Waals surface area (Å²) in [6, 6.07) is 16.5. The molecule has 7 heteroatoms. The van der Waals surface area contributed by atoms with Crippen LogP contribution in [0.2, 0.25) is 0 Å². The van der Waals surface area contributed by atoms with Crippen molar-refractivity contribution in [2.45, 2.75) is 71.1 Å². The number of carbonyl (C=O) groups excluding carboxylic acids is 1. The SMILES string of the molecule is CCCCCCCCCCCCNC(=O)c1cc(-c2ccc(OC)cc2)c(OCC(=O)O)c(-c2ccccc2F)c1. The maximum atomic E-state index is 15.0. The van der Waals surface area contributed by atoms with Crippen LogP contribution in [-0.4, -0.2) is 37.2 Å². The Kier molecular flexibility index (Phi) is 13.2. The molecule has 1 amide bonds. The Balaban J connectivity index is 1.79. The molecule has 0 unspecified atom stereocenters. The van der Waals surface area contributed by atoms with E-state index in [2.05, 4.69) is 12.2 Å². The molecule has 0 heterocycles. The molecular formula is C34H42FNO5. The van der Waals surface area contributed by atoms with E-state index in [1.165, 1.54) is 51.0 Å². The van der Waals surface area contributed by atoms with E-state index in [-0.39, 0.29) is 17.2 Å². The molecule has 0 saturated heterocycles. The van der Waals surface area contributed by atoms with E-state index in [1.807, 2.05) is 0 Å². The van der Waals surface area contributed by atoms with Crippen LogP contribution >= 0.6 is 0 Å². The number of aliphatic carboxylic acids is 1. The Bertz CT molecular complexity index is 1260. The van der Waals surface area contributed by atoms with Crippen molar-refractivity contribution in [3.8, 4) is 33.8 Å². The zero-order chi connectivity index (χ0) is 29.5. The van der Waals surface area contributed by atoms with E-state index < -0.39 is 18.4 Å². The average molecular weight is 564 g/mol. The van der Waals surface area contributed by atoms with Gasteiger partial charge >= 0.3 is 5.97 Å². The molecule has 3 aromatic rings. The van der Waals surface area contributed by atoms with Crippen molar-refractivity contribution < 1.29 is 28.6 Å². The molecule has 0 aliphatic carbocycles. The molecule has 0 aromatic heterocycles. The van der Waals surface area contributed by atoms with Gasteiger partial charge in [0, 0.05) is 28.8 Å². The van der Waals surface area contributed by atoms with Crippen LogP contribution in [-0.2, 0) is 4.79 Å². The smallest absolute Gasteiger partial charge is 0.341 e. The average Bonchev–Trinajstić information content (AvgIpc) is 2.98. The number of methoxy groups -OCH3 is 1. The summed E-state index contributed by atoms with van der Waals surface area (Å²) in [6.45, 7) is 2.15. The molecule has 0 atom stereocenters. The predicted octanol–water partition coefficient (Wildman–Crippen LogP) is 8.28. The van der Waals surface area contributed by atoms with Gasteiger partial charge in [0.25, 0.3) is 5.91 Å². The number of amides is 1. The first kappa shape index (κ1) is 31.7. The summed E-state index contributed by atoms with van der Waals surface area (Å²) in [5, 5.41) is 12.3. The number of nitrogens with one attached hydrogen (secondary N) is 1. The molecule has 220 valence electrons. The quantitative estimate of drug-likeness (QED) is 0.152. The third kappa shape index (κ3) is 9.92. The number of carbonyl (C=O) groups is 2. The predicted molar refractivity (Wildman–Crippen MR) is 161 cm³/mol. The highest BCUT2D eigenvalue weighted by molar-refractivity contribution is 5.99. The molecule has 0 aliphatic rings. The van der Waals surface area contributed by atoms with Gasteiger partial charge in [0.15, 0.2) is 6.61 Å². The largest absolute Gasteiger partial charge is 0.497 e. The molecule has 2 N–H and O–H groups in total. The number of hydrogen-bond donors (Lipinski definition) is 2. The fraction of sp³-hybridized carbons (Fsp3) is 0.412. The van der Waals surface area contributed by atoms with Gasteiger partial charge in [0.1, 0.15) is 17.3 Å². The summed E-state index contributed by atoms with van der Waals surface area (Å²) in [4.78, 5) is 24.7. The summed E-state index contributed by atoms with van der Waals surface area (Å²) in [5.74, 6) is -1.12. The number of ether oxygens (including phenoxy) is 2. The van der Waals surface area contributed by atoms with E-state index in [0.717, 1.165) is 19.3 Å². The van der Waals surface area contributed by atoms with Gasteiger partial charge < -0.3 is 19.9 Å². The highest BCUT2D eigenvalue weighted by Crippen LogP contribution is 2.41. The first-order valence-corrected chi connectivity index (χ1v) is 14.6. The summed E-state index contributed by atoms with van der Waals surface area (Å²) in [7, 11) is 1.56. The molecule has 41 heavy (non-hydrogen) atoms. The van der Waals surface area contributed by atoms with E-state index in [1.54, 1.807) is 61.7 Å². The Morgan fingerprint density at radius 2 is 1.41 bits per heavy atom. The monoisotopic (exact) mass is 563 g/mol. The van der Waals surface area contributed by atoms with Gasteiger partial charge in [0.2, 0.25) is 0 Å². The van der Waals surface area contributed by atoms with Crippen molar-refractivity contribution >= 4 is 11.9 Å². The third-order valence-electron chi connectivity index (χ3n) is 7.07. The van der Waals surface area contributed by atoms with Crippen LogP contribution in [0.1, 0.15) is 81.5 Å². The second-order valence-electron chi connectivity index (χ2n) is 10.2. The van der Waals surface area contributed by atoms with E-state index >= 15 is 0 Å². The second-order valence-corrected chi connectivity index (χ2v) is 10.2. The molecule has 0 radical (unpaired) electrons. The van der Waals surface area contributed by atoms with Gasteiger partial charge in [-0.25, -0.2) is 9.18 Å². The van der Waals surface area contributed by atoms with Crippen molar-refractivity contribution in [1.29, 1.82) is 0 Å². The fourth-order valence-electron chi connectivity index (χ4n) is 4.83. The maximum absolute atomic E-state index is 15.0. The molecule has 3 aromatic carbocycles. The number of carboxylic acids is 1. The number of rotatable bonds is 18. The zero-order valence-electron chi connectivity index (χ0n) is 24.2.